The van der Waals surface area contributed by atoms with Gasteiger partial charge in [0.15, 0.2) is 5.76 Å². The maximum atomic E-state index is 11.4. The Hall–Kier alpha value is -5.04. The lowest BCUT2D eigenvalue weighted by atomic mass is 10.1. The van der Waals surface area contributed by atoms with E-state index in [0.29, 0.717) is 22.7 Å². The van der Waals surface area contributed by atoms with Crippen LogP contribution in [-0.4, -0.2) is 19.7 Å². The molecule has 3 aromatic heterocycles. The van der Waals surface area contributed by atoms with E-state index < -0.39 is 4.92 Å². The van der Waals surface area contributed by atoms with Crippen LogP contribution in [0.1, 0.15) is 11.3 Å². The number of pyridine rings is 1. The topological polar surface area (TPSA) is 87.0 Å². The molecule has 7 nitrogen and oxygen atoms in total. The number of hydrogen-bond acceptors (Lipinski definition) is 5. The highest BCUT2D eigenvalue weighted by Crippen LogP contribution is 2.31. The number of hydrogen-bond donors (Lipinski definition) is 0. The lowest BCUT2D eigenvalue weighted by Crippen LogP contribution is -1.93. The monoisotopic (exact) mass is 458 g/mol. The van der Waals surface area contributed by atoms with Crippen molar-refractivity contribution in [3.8, 4) is 17.1 Å². The van der Waals surface area contributed by atoms with Crippen LogP contribution >= 0.6 is 0 Å². The summed E-state index contributed by atoms with van der Waals surface area (Å²) in [5.74, 6) is 0.655. The second kappa shape index (κ2) is 8.39. The zero-order chi connectivity index (χ0) is 23.8. The minimum Gasteiger partial charge on any atom is -0.454 e. The predicted octanol–water partition coefficient (Wildman–Crippen LogP) is 6.91. The van der Waals surface area contributed by atoms with Gasteiger partial charge in [0, 0.05) is 28.6 Å². The van der Waals surface area contributed by atoms with E-state index in [2.05, 4.69) is 4.98 Å². The van der Waals surface area contributed by atoms with Gasteiger partial charge in [0.2, 0.25) is 0 Å². The molecule has 0 radical (unpaired) electrons. The maximum Gasteiger partial charge on any atom is 0.295 e. The van der Waals surface area contributed by atoms with E-state index in [9.17, 15) is 10.1 Å². The Balaban J connectivity index is 1.46. The molecule has 0 saturated carbocycles. The van der Waals surface area contributed by atoms with Crippen molar-refractivity contribution in [1.82, 2.24) is 14.8 Å². The van der Waals surface area contributed by atoms with E-state index in [1.807, 2.05) is 97.2 Å². The number of para-hydroxylation sites is 3. The van der Waals surface area contributed by atoms with Crippen LogP contribution < -0.4 is 0 Å². The summed E-state index contributed by atoms with van der Waals surface area (Å²) < 4.78 is 7.90. The van der Waals surface area contributed by atoms with Crippen LogP contribution in [0.4, 0.5) is 5.69 Å². The molecule has 35 heavy (non-hydrogen) atoms. The summed E-state index contributed by atoms with van der Waals surface area (Å²) in [7, 11) is 0. The fraction of sp³-hybridized carbons (Fsp3) is 0. The highest BCUT2D eigenvalue weighted by molar-refractivity contribution is 5.89. The second-order valence-corrected chi connectivity index (χ2v) is 8.04. The van der Waals surface area contributed by atoms with Crippen LogP contribution in [0.25, 0.3) is 51.2 Å². The van der Waals surface area contributed by atoms with Crippen molar-refractivity contribution in [2.75, 3.05) is 0 Å². The lowest BCUT2D eigenvalue weighted by molar-refractivity contribution is -0.383. The predicted molar refractivity (Wildman–Crippen MR) is 136 cm³/mol. The van der Waals surface area contributed by atoms with Gasteiger partial charge in [0.1, 0.15) is 16.8 Å². The average molecular weight is 458 g/mol. The Labute approximate surface area is 199 Å². The van der Waals surface area contributed by atoms with Crippen LogP contribution in [0, 0.1) is 10.1 Å². The van der Waals surface area contributed by atoms with E-state index >= 15 is 0 Å². The molecule has 3 aromatic carbocycles. The largest absolute Gasteiger partial charge is 0.454 e. The summed E-state index contributed by atoms with van der Waals surface area (Å²) in [6.45, 7) is 0. The summed E-state index contributed by atoms with van der Waals surface area (Å²) >= 11 is 0. The van der Waals surface area contributed by atoms with Crippen molar-refractivity contribution in [3.05, 3.63) is 119 Å². The van der Waals surface area contributed by atoms with E-state index in [1.54, 1.807) is 10.7 Å². The highest BCUT2D eigenvalue weighted by Gasteiger charge is 2.16. The molecule has 0 unspecified atom stereocenters. The highest BCUT2D eigenvalue weighted by atomic mass is 16.6. The summed E-state index contributed by atoms with van der Waals surface area (Å²) in [4.78, 5) is 15.6. The molecule has 0 atom stereocenters. The molecule has 3 heterocycles. The summed E-state index contributed by atoms with van der Waals surface area (Å²) in [5, 5.41) is 18.0. The Kier molecular flexibility index (Phi) is 4.93. The van der Waals surface area contributed by atoms with Crippen molar-refractivity contribution < 1.29 is 9.34 Å². The fourth-order valence-electron chi connectivity index (χ4n) is 4.07. The number of aromatic nitrogens is 3. The Morgan fingerprint density at radius 1 is 0.857 bits per heavy atom. The van der Waals surface area contributed by atoms with Gasteiger partial charge in [-0.25, -0.2) is 9.67 Å². The van der Waals surface area contributed by atoms with Crippen LogP contribution in [0.15, 0.2) is 102 Å². The first-order chi connectivity index (χ1) is 17.2. The van der Waals surface area contributed by atoms with Crippen molar-refractivity contribution in [1.29, 1.82) is 0 Å². The fourth-order valence-corrected chi connectivity index (χ4v) is 4.07. The Morgan fingerprint density at radius 3 is 2.49 bits per heavy atom. The third-order valence-electron chi connectivity index (χ3n) is 5.77. The normalized spacial score (nSPS) is 11.5. The maximum absolute atomic E-state index is 11.4. The smallest absolute Gasteiger partial charge is 0.295 e. The molecular weight excluding hydrogens is 440 g/mol. The van der Waals surface area contributed by atoms with Gasteiger partial charge in [-0.3, -0.25) is 10.1 Å². The van der Waals surface area contributed by atoms with E-state index in [4.69, 9.17) is 9.52 Å². The molecule has 0 bridgehead atoms. The molecule has 0 spiro atoms. The molecule has 6 aromatic rings. The van der Waals surface area contributed by atoms with Gasteiger partial charge >= 0.3 is 0 Å². The number of nitrogens with zero attached hydrogens (tertiary/aromatic N) is 4. The SMILES string of the molecule is O=[N+]([O-])c1cccc2ccc(C=Cc3cn(-c4ccccc4)nc3-c3cc4ccccc4o3)nc12. The van der Waals surface area contributed by atoms with Crippen LogP contribution in [0.3, 0.4) is 0 Å². The van der Waals surface area contributed by atoms with Gasteiger partial charge in [0.25, 0.3) is 5.69 Å². The number of nitro groups is 1. The molecule has 0 aliphatic heterocycles. The first-order valence-corrected chi connectivity index (χ1v) is 11.0. The molecule has 0 saturated heterocycles. The van der Waals surface area contributed by atoms with Crippen LogP contribution in [0.2, 0.25) is 0 Å². The van der Waals surface area contributed by atoms with Gasteiger partial charge in [-0.1, -0.05) is 54.6 Å². The van der Waals surface area contributed by atoms with Crippen molar-refractivity contribution in [2.24, 2.45) is 0 Å². The number of fused-ring (bicyclic) bond motifs is 2. The third-order valence-corrected chi connectivity index (χ3v) is 5.77. The standard InChI is InChI=1S/C28H18N4O3/c33-32(34)24-11-6-8-19-13-15-22(29-27(19)24)16-14-21-18-31(23-9-2-1-3-10-23)30-28(21)26-17-20-7-4-5-12-25(20)35-26/h1-18H. The molecule has 0 N–H and O–H groups in total. The Morgan fingerprint density at radius 2 is 1.66 bits per heavy atom. The molecule has 7 heteroatoms. The lowest BCUT2D eigenvalue weighted by Gasteiger charge is -2.00. The zero-order valence-corrected chi connectivity index (χ0v) is 18.4. The number of benzene rings is 3. The first kappa shape index (κ1) is 20.6. The zero-order valence-electron chi connectivity index (χ0n) is 18.4. The summed E-state index contributed by atoms with van der Waals surface area (Å²) in [5.41, 5.74) is 4.18. The molecule has 0 amide bonds. The molecular formula is C28H18N4O3. The number of non-ortho nitro benzene ring substituents is 1. The van der Waals surface area contributed by atoms with E-state index in [-0.39, 0.29) is 5.69 Å². The number of nitro benzene ring substituents is 1. The number of rotatable bonds is 5. The van der Waals surface area contributed by atoms with Crippen molar-refractivity contribution in [3.63, 3.8) is 0 Å². The van der Waals surface area contributed by atoms with Gasteiger partial charge in [0.05, 0.1) is 16.3 Å². The summed E-state index contributed by atoms with van der Waals surface area (Å²) in [6.07, 6.45) is 5.66. The van der Waals surface area contributed by atoms with Gasteiger partial charge in [-0.15, -0.1) is 0 Å². The average Bonchev–Trinajstić information content (AvgIpc) is 3.51. The van der Waals surface area contributed by atoms with E-state index in [1.165, 1.54) is 6.07 Å². The molecule has 0 aliphatic carbocycles. The summed E-state index contributed by atoms with van der Waals surface area (Å²) in [6, 6.07) is 28.2. The third kappa shape index (κ3) is 3.85. The van der Waals surface area contributed by atoms with Crippen LogP contribution in [0.5, 0.6) is 0 Å². The minimum absolute atomic E-state index is 0.0161. The van der Waals surface area contributed by atoms with Gasteiger partial charge < -0.3 is 4.42 Å². The first-order valence-electron chi connectivity index (χ1n) is 11.0. The van der Waals surface area contributed by atoms with Crippen molar-refractivity contribution in [2.45, 2.75) is 0 Å². The minimum atomic E-state index is -0.410. The van der Waals surface area contributed by atoms with Gasteiger partial charge in [-0.2, -0.15) is 5.10 Å². The molecule has 168 valence electrons. The number of furan rings is 1. The van der Waals surface area contributed by atoms with Crippen LogP contribution in [-0.2, 0) is 0 Å². The quantitative estimate of drug-likeness (QED) is 0.207. The van der Waals surface area contributed by atoms with Gasteiger partial charge in [-0.05, 0) is 42.5 Å². The molecule has 0 fully saturated rings. The molecule has 6 rings (SSSR count). The van der Waals surface area contributed by atoms with E-state index in [0.717, 1.165) is 27.6 Å². The molecule has 0 aliphatic rings. The Bertz CT molecular complexity index is 1700. The van der Waals surface area contributed by atoms with Crippen molar-refractivity contribution >= 4 is 39.7 Å². The second-order valence-electron chi connectivity index (χ2n) is 8.04.